The molecular weight excluding hydrogens is 305 g/mol. The van der Waals surface area contributed by atoms with Crippen molar-refractivity contribution in [1.82, 2.24) is 0 Å². The topological polar surface area (TPSA) is 70.0 Å². The van der Waals surface area contributed by atoms with Crippen molar-refractivity contribution in [2.24, 2.45) is 0 Å². The van der Waals surface area contributed by atoms with E-state index >= 15 is 0 Å². The maximum Gasteiger partial charge on any atom is 0.417 e. The number of hydrogen-bond acceptors (Lipinski definition) is 4. The molecule has 0 saturated heterocycles. The maximum atomic E-state index is 12.8. The number of nitrogens with one attached hydrogen (secondary N) is 1. The molecule has 0 radical (unpaired) electrons. The summed E-state index contributed by atoms with van der Waals surface area (Å²) in [5.74, 6) is 0. The summed E-state index contributed by atoms with van der Waals surface area (Å²) in [5, 5.41) is 11.4. The Morgan fingerprint density at radius 2 is 1.86 bits per heavy atom. The van der Waals surface area contributed by atoms with Gasteiger partial charge in [0.1, 0.15) is 0 Å². The molecule has 4 nitrogen and oxygen atoms in total. The summed E-state index contributed by atoms with van der Waals surface area (Å²) in [6, 6.07) is 4.65. The van der Waals surface area contributed by atoms with Gasteiger partial charge in [-0.1, -0.05) is 0 Å². The van der Waals surface area contributed by atoms with Gasteiger partial charge in [0.25, 0.3) is 0 Å². The molecule has 0 aromatic heterocycles. The molecule has 8 heteroatoms. The van der Waals surface area contributed by atoms with Crippen LogP contribution in [-0.4, -0.2) is 26.0 Å². The summed E-state index contributed by atoms with van der Waals surface area (Å²) in [5.41, 5.74) is -1.42. The fraction of sp³-hybridized carbons (Fsp3) is 0.462. The molecule has 0 heterocycles. The maximum absolute atomic E-state index is 12.8. The normalized spacial score (nSPS) is 12.8. The Hall–Kier alpha value is -1.75. The molecule has 116 valence electrons. The van der Waals surface area contributed by atoms with Crippen molar-refractivity contribution in [3.63, 3.8) is 0 Å². The standard InChI is InChI=1S/C13H15F3N2O2S/c1-12(2,21(3,19)20)8-18-10-5-4-9(7-17)11(6-10)13(14,15)16/h4-6,18H,8H2,1-3H3. The minimum Gasteiger partial charge on any atom is -0.383 e. The van der Waals surface area contributed by atoms with E-state index in [1.807, 2.05) is 0 Å². The highest BCUT2D eigenvalue weighted by atomic mass is 32.2. The SMILES string of the molecule is CC(C)(CNc1ccc(C#N)c(C(F)(F)F)c1)S(C)(=O)=O. The van der Waals surface area contributed by atoms with Crippen molar-refractivity contribution < 1.29 is 21.6 Å². The molecule has 21 heavy (non-hydrogen) atoms. The number of nitrogens with zero attached hydrogens (tertiary/aromatic N) is 1. The number of alkyl halides is 3. The van der Waals surface area contributed by atoms with Crippen LogP contribution in [0.3, 0.4) is 0 Å². The number of nitriles is 1. The Balaban J connectivity index is 3.06. The first-order chi connectivity index (χ1) is 9.38. The van der Waals surface area contributed by atoms with Crippen LogP contribution in [0.4, 0.5) is 18.9 Å². The van der Waals surface area contributed by atoms with Gasteiger partial charge in [0.05, 0.1) is 21.9 Å². The predicted octanol–water partition coefficient (Wildman–Crippen LogP) is 2.81. The molecule has 0 fully saturated rings. The highest BCUT2D eigenvalue weighted by molar-refractivity contribution is 7.92. The highest BCUT2D eigenvalue weighted by Gasteiger charge is 2.34. The lowest BCUT2D eigenvalue weighted by atomic mass is 10.1. The zero-order valence-electron chi connectivity index (χ0n) is 11.7. The Kier molecular flexibility index (Phi) is 4.58. The average molecular weight is 320 g/mol. The van der Waals surface area contributed by atoms with Crippen LogP contribution in [0.15, 0.2) is 18.2 Å². The van der Waals surface area contributed by atoms with Gasteiger partial charge in [-0.3, -0.25) is 0 Å². The molecule has 0 atom stereocenters. The van der Waals surface area contributed by atoms with Gasteiger partial charge in [-0.25, -0.2) is 8.42 Å². The summed E-state index contributed by atoms with van der Waals surface area (Å²) >= 11 is 0. The van der Waals surface area contributed by atoms with E-state index in [0.29, 0.717) is 0 Å². The second-order valence-electron chi connectivity index (χ2n) is 5.26. The molecule has 1 aromatic carbocycles. The second-order valence-corrected chi connectivity index (χ2v) is 7.90. The van der Waals surface area contributed by atoms with E-state index in [1.165, 1.54) is 26.0 Å². The summed E-state index contributed by atoms with van der Waals surface area (Å²) in [7, 11) is -3.36. The van der Waals surface area contributed by atoms with Gasteiger partial charge in [0.15, 0.2) is 9.84 Å². The van der Waals surface area contributed by atoms with Crippen molar-refractivity contribution in [3.8, 4) is 6.07 Å². The van der Waals surface area contributed by atoms with Crippen LogP contribution >= 0.6 is 0 Å². The van der Waals surface area contributed by atoms with E-state index in [2.05, 4.69) is 5.32 Å². The number of anilines is 1. The van der Waals surface area contributed by atoms with E-state index in [9.17, 15) is 21.6 Å². The zero-order chi connectivity index (χ0) is 16.5. The van der Waals surface area contributed by atoms with E-state index < -0.39 is 31.9 Å². The third-order valence-corrected chi connectivity index (χ3v) is 5.32. The summed E-state index contributed by atoms with van der Waals surface area (Å²) in [4.78, 5) is 0. The van der Waals surface area contributed by atoms with Crippen LogP contribution in [0, 0.1) is 11.3 Å². The van der Waals surface area contributed by atoms with Gasteiger partial charge < -0.3 is 5.32 Å². The van der Waals surface area contributed by atoms with Crippen LogP contribution in [0.1, 0.15) is 25.0 Å². The van der Waals surface area contributed by atoms with Crippen molar-refractivity contribution in [2.45, 2.75) is 24.8 Å². The predicted molar refractivity (Wildman–Crippen MR) is 73.6 cm³/mol. The quantitative estimate of drug-likeness (QED) is 0.926. The number of hydrogen-bond donors (Lipinski definition) is 1. The highest BCUT2D eigenvalue weighted by Crippen LogP contribution is 2.33. The van der Waals surface area contributed by atoms with Crippen molar-refractivity contribution in [2.75, 3.05) is 18.1 Å². The Morgan fingerprint density at radius 3 is 2.29 bits per heavy atom. The average Bonchev–Trinajstić information content (AvgIpc) is 2.33. The molecule has 0 aliphatic heterocycles. The van der Waals surface area contributed by atoms with E-state index in [1.54, 1.807) is 0 Å². The number of halogens is 3. The first kappa shape index (κ1) is 17.3. The number of sulfone groups is 1. The summed E-state index contributed by atoms with van der Waals surface area (Å²) in [6.07, 6.45) is -3.58. The minimum atomic E-state index is -4.64. The first-order valence-corrected chi connectivity index (χ1v) is 7.82. The Labute approximate surface area is 121 Å². The number of benzene rings is 1. The molecule has 0 unspecified atom stereocenters. The Bertz CT molecular complexity index is 674. The fourth-order valence-corrected chi connectivity index (χ4v) is 1.77. The van der Waals surface area contributed by atoms with Crippen LogP contribution in [0.2, 0.25) is 0 Å². The van der Waals surface area contributed by atoms with E-state index in [-0.39, 0.29) is 12.2 Å². The van der Waals surface area contributed by atoms with Gasteiger partial charge in [-0.05, 0) is 32.0 Å². The van der Waals surface area contributed by atoms with Crippen molar-refractivity contribution in [1.29, 1.82) is 5.26 Å². The van der Waals surface area contributed by atoms with Gasteiger partial charge in [0.2, 0.25) is 0 Å². The third-order valence-electron chi connectivity index (χ3n) is 3.17. The van der Waals surface area contributed by atoms with Crippen LogP contribution in [0.25, 0.3) is 0 Å². The molecule has 0 aliphatic rings. The monoisotopic (exact) mass is 320 g/mol. The fourth-order valence-electron chi connectivity index (χ4n) is 1.43. The lowest BCUT2D eigenvalue weighted by molar-refractivity contribution is -0.137. The second kappa shape index (κ2) is 5.56. The van der Waals surface area contributed by atoms with Gasteiger partial charge in [0, 0.05) is 18.5 Å². The summed E-state index contributed by atoms with van der Waals surface area (Å²) < 4.78 is 60.4. The first-order valence-electron chi connectivity index (χ1n) is 5.93. The largest absolute Gasteiger partial charge is 0.417 e. The zero-order valence-corrected chi connectivity index (χ0v) is 12.6. The van der Waals surface area contributed by atoms with Crippen LogP contribution in [-0.2, 0) is 16.0 Å². The summed E-state index contributed by atoms with van der Waals surface area (Å²) in [6.45, 7) is 2.91. The lowest BCUT2D eigenvalue weighted by Crippen LogP contribution is -2.38. The van der Waals surface area contributed by atoms with Crippen LogP contribution < -0.4 is 5.32 Å². The third kappa shape index (κ3) is 4.11. The molecule has 0 saturated carbocycles. The molecule has 0 aliphatic carbocycles. The molecule has 0 spiro atoms. The molecule has 1 N–H and O–H groups in total. The van der Waals surface area contributed by atoms with E-state index in [0.717, 1.165) is 18.4 Å². The van der Waals surface area contributed by atoms with Gasteiger partial charge >= 0.3 is 6.18 Å². The molecule has 1 rings (SSSR count). The molecule has 1 aromatic rings. The molecular formula is C13H15F3N2O2S. The smallest absolute Gasteiger partial charge is 0.383 e. The Morgan fingerprint density at radius 1 is 1.29 bits per heavy atom. The van der Waals surface area contributed by atoms with E-state index in [4.69, 9.17) is 5.26 Å². The molecule has 0 bridgehead atoms. The number of rotatable bonds is 4. The van der Waals surface area contributed by atoms with Gasteiger partial charge in [-0.2, -0.15) is 18.4 Å². The minimum absolute atomic E-state index is 0.0466. The van der Waals surface area contributed by atoms with Crippen molar-refractivity contribution in [3.05, 3.63) is 29.3 Å². The van der Waals surface area contributed by atoms with Crippen molar-refractivity contribution >= 4 is 15.5 Å². The molecule has 0 amide bonds. The van der Waals surface area contributed by atoms with Crippen LogP contribution in [0.5, 0.6) is 0 Å². The van der Waals surface area contributed by atoms with Gasteiger partial charge in [-0.15, -0.1) is 0 Å². The lowest BCUT2D eigenvalue weighted by Gasteiger charge is -2.23.